The normalized spacial score (nSPS) is 13.6. The number of sulfonamides is 1. The highest BCUT2D eigenvalue weighted by atomic mass is 32.2. The van der Waals surface area contributed by atoms with Gasteiger partial charge in [-0.25, -0.2) is 8.42 Å². The summed E-state index contributed by atoms with van der Waals surface area (Å²) in [4.78, 5) is 13.2. The van der Waals surface area contributed by atoms with E-state index in [0.29, 0.717) is 12.1 Å². The summed E-state index contributed by atoms with van der Waals surface area (Å²) in [5.74, 6) is -0.286. The Morgan fingerprint density at radius 1 is 1.00 bits per heavy atom. The van der Waals surface area contributed by atoms with Crippen molar-refractivity contribution in [2.24, 2.45) is 0 Å². The van der Waals surface area contributed by atoms with E-state index in [9.17, 15) is 13.2 Å². The lowest BCUT2D eigenvalue weighted by atomic mass is 9.97. The van der Waals surface area contributed by atoms with Gasteiger partial charge in [-0.2, -0.15) is 0 Å². The van der Waals surface area contributed by atoms with E-state index < -0.39 is 16.1 Å². The lowest BCUT2D eigenvalue weighted by Crippen LogP contribution is -2.50. The first-order chi connectivity index (χ1) is 13.6. The minimum Gasteiger partial charge on any atom is -0.347 e. The summed E-state index contributed by atoms with van der Waals surface area (Å²) in [6.07, 6.45) is 2.23. The Morgan fingerprint density at radius 2 is 1.66 bits per heavy atom. The van der Waals surface area contributed by atoms with Crippen LogP contribution in [0.2, 0.25) is 0 Å². The molecule has 0 aliphatic heterocycles. The summed E-state index contributed by atoms with van der Waals surface area (Å²) in [5.41, 5.74) is 4.79. The maximum Gasteiger partial charge on any atom is 0.244 e. The first-order valence-electron chi connectivity index (χ1n) is 10.0. The van der Waals surface area contributed by atoms with Gasteiger partial charge in [-0.1, -0.05) is 49.7 Å². The second kappa shape index (κ2) is 9.44. The average Bonchev–Trinajstić information content (AvgIpc) is 2.63. The summed E-state index contributed by atoms with van der Waals surface area (Å²) in [6, 6.07) is 12.4. The molecule has 0 aliphatic rings. The monoisotopic (exact) mass is 416 g/mol. The highest BCUT2D eigenvalue weighted by Gasteiger charge is 2.32. The molecule has 2 aromatic rings. The number of benzene rings is 2. The molecule has 5 nitrogen and oxygen atoms in total. The Hall–Kier alpha value is -2.34. The lowest BCUT2D eigenvalue weighted by molar-refractivity contribution is -0.123. The number of nitrogens with one attached hydrogen (secondary N) is 1. The van der Waals surface area contributed by atoms with Gasteiger partial charge in [-0.15, -0.1) is 0 Å². The lowest BCUT2D eigenvalue weighted by Gasteiger charge is -2.32. The SMILES string of the molecule is CC[C@H](NC(=O)[C@@H](CC)N(c1cccc(C)c1)S(C)(=O)=O)c1ccc(C)cc1C. The standard InChI is InChI=1S/C23H32N2O3S/c1-7-21(20-13-12-17(4)14-18(20)5)24-23(26)22(8-2)25(29(6,27)28)19-11-9-10-16(3)15-19/h9-15,21-22H,7-8H2,1-6H3,(H,24,26)/t21-,22+/m0/s1. The number of aryl methyl sites for hydroxylation is 3. The van der Waals surface area contributed by atoms with E-state index >= 15 is 0 Å². The van der Waals surface area contributed by atoms with Gasteiger partial charge >= 0.3 is 0 Å². The molecule has 0 radical (unpaired) electrons. The molecule has 2 atom stereocenters. The molecule has 0 heterocycles. The first kappa shape index (κ1) is 22.9. The molecule has 1 N–H and O–H groups in total. The van der Waals surface area contributed by atoms with Crippen molar-refractivity contribution < 1.29 is 13.2 Å². The highest BCUT2D eigenvalue weighted by Crippen LogP contribution is 2.26. The van der Waals surface area contributed by atoms with Gasteiger partial charge in [0, 0.05) is 0 Å². The summed E-state index contributed by atoms with van der Waals surface area (Å²) < 4.78 is 26.5. The quantitative estimate of drug-likeness (QED) is 0.692. The van der Waals surface area contributed by atoms with Crippen molar-refractivity contribution in [1.82, 2.24) is 5.32 Å². The Bertz CT molecular complexity index is 970. The zero-order valence-electron chi connectivity index (χ0n) is 18.2. The van der Waals surface area contributed by atoms with Gasteiger partial charge in [-0.3, -0.25) is 9.10 Å². The molecule has 158 valence electrons. The van der Waals surface area contributed by atoms with Gasteiger partial charge in [0.1, 0.15) is 6.04 Å². The fourth-order valence-electron chi connectivity index (χ4n) is 3.71. The summed E-state index contributed by atoms with van der Waals surface area (Å²) >= 11 is 0. The number of carbonyl (C=O) groups is 1. The van der Waals surface area contributed by atoms with E-state index in [2.05, 4.69) is 11.4 Å². The number of hydrogen-bond acceptors (Lipinski definition) is 3. The van der Waals surface area contributed by atoms with Crippen LogP contribution in [0.15, 0.2) is 42.5 Å². The average molecular weight is 417 g/mol. The maximum absolute atomic E-state index is 13.2. The highest BCUT2D eigenvalue weighted by molar-refractivity contribution is 7.92. The number of rotatable bonds is 8. The molecule has 0 aliphatic carbocycles. The fourth-order valence-corrected chi connectivity index (χ4v) is 4.91. The molecule has 0 bridgehead atoms. The van der Waals surface area contributed by atoms with Crippen LogP contribution in [0.5, 0.6) is 0 Å². The fraction of sp³-hybridized carbons (Fsp3) is 0.435. The number of nitrogens with zero attached hydrogens (tertiary/aromatic N) is 1. The third-order valence-electron chi connectivity index (χ3n) is 5.11. The number of amides is 1. The zero-order chi connectivity index (χ0) is 21.8. The van der Waals surface area contributed by atoms with Crippen LogP contribution in [0.4, 0.5) is 5.69 Å². The van der Waals surface area contributed by atoms with Gasteiger partial charge in [0.05, 0.1) is 18.0 Å². The number of carbonyl (C=O) groups excluding carboxylic acids is 1. The Balaban J connectivity index is 2.38. The molecular weight excluding hydrogens is 384 g/mol. The molecule has 0 fully saturated rings. The van der Waals surface area contributed by atoms with E-state index in [1.807, 2.05) is 52.8 Å². The van der Waals surface area contributed by atoms with Crippen molar-refractivity contribution >= 4 is 21.6 Å². The van der Waals surface area contributed by atoms with Crippen LogP contribution in [-0.2, 0) is 14.8 Å². The van der Waals surface area contributed by atoms with Gasteiger partial charge in [-0.05, 0) is 62.4 Å². The molecule has 2 rings (SSSR count). The van der Waals surface area contributed by atoms with Crippen molar-refractivity contribution in [3.63, 3.8) is 0 Å². The van der Waals surface area contributed by atoms with Crippen LogP contribution >= 0.6 is 0 Å². The predicted octanol–water partition coefficient (Wildman–Crippen LogP) is 4.42. The zero-order valence-corrected chi connectivity index (χ0v) is 19.0. The van der Waals surface area contributed by atoms with Crippen molar-refractivity contribution in [2.45, 2.75) is 59.5 Å². The number of anilines is 1. The summed E-state index contributed by atoms with van der Waals surface area (Å²) in [7, 11) is -3.64. The van der Waals surface area contributed by atoms with Crippen LogP contribution < -0.4 is 9.62 Å². The summed E-state index contributed by atoms with van der Waals surface area (Å²) in [6.45, 7) is 9.81. The minimum atomic E-state index is -3.64. The molecule has 0 saturated carbocycles. The van der Waals surface area contributed by atoms with Crippen molar-refractivity contribution in [3.8, 4) is 0 Å². The van der Waals surface area contributed by atoms with Crippen molar-refractivity contribution in [2.75, 3.05) is 10.6 Å². The van der Waals surface area contributed by atoms with Gasteiger partial charge in [0.15, 0.2) is 0 Å². The Labute approximate surface area is 175 Å². The van der Waals surface area contributed by atoms with Crippen molar-refractivity contribution in [1.29, 1.82) is 0 Å². The Morgan fingerprint density at radius 3 is 2.17 bits per heavy atom. The molecule has 1 amide bonds. The minimum absolute atomic E-state index is 0.170. The smallest absolute Gasteiger partial charge is 0.244 e. The number of hydrogen-bond donors (Lipinski definition) is 1. The van der Waals surface area contributed by atoms with Crippen LogP contribution in [0.25, 0.3) is 0 Å². The molecular formula is C23H32N2O3S. The molecule has 0 spiro atoms. The second-order valence-electron chi connectivity index (χ2n) is 7.65. The molecule has 0 saturated heterocycles. The van der Waals surface area contributed by atoms with Crippen LogP contribution in [0.3, 0.4) is 0 Å². The molecule has 0 unspecified atom stereocenters. The predicted molar refractivity (Wildman–Crippen MR) is 120 cm³/mol. The third-order valence-corrected chi connectivity index (χ3v) is 6.29. The van der Waals surface area contributed by atoms with E-state index in [1.165, 1.54) is 9.87 Å². The van der Waals surface area contributed by atoms with E-state index in [0.717, 1.165) is 29.4 Å². The third kappa shape index (κ3) is 5.60. The van der Waals surface area contributed by atoms with Gasteiger partial charge in [0.25, 0.3) is 0 Å². The first-order valence-corrected chi connectivity index (χ1v) is 11.9. The van der Waals surface area contributed by atoms with E-state index in [1.54, 1.807) is 18.2 Å². The maximum atomic E-state index is 13.2. The topological polar surface area (TPSA) is 66.5 Å². The van der Waals surface area contributed by atoms with E-state index in [-0.39, 0.29) is 11.9 Å². The van der Waals surface area contributed by atoms with Gasteiger partial charge in [0.2, 0.25) is 15.9 Å². The second-order valence-corrected chi connectivity index (χ2v) is 9.51. The summed E-state index contributed by atoms with van der Waals surface area (Å²) in [5, 5.41) is 3.09. The van der Waals surface area contributed by atoms with Crippen LogP contribution in [0.1, 0.15) is 55.0 Å². The van der Waals surface area contributed by atoms with E-state index in [4.69, 9.17) is 0 Å². The van der Waals surface area contributed by atoms with Crippen LogP contribution in [0, 0.1) is 20.8 Å². The molecule has 29 heavy (non-hydrogen) atoms. The molecule has 2 aromatic carbocycles. The Kier molecular flexibility index (Phi) is 7.47. The van der Waals surface area contributed by atoms with Crippen molar-refractivity contribution in [3.05, 3.63) is 64.7 Å². The molecule has 0 aromatic heterocycles. The molecule has 6 heteroatoms. The largest absolute Gasteiger partial charge is 0.347 e. The van der Waals surface area contributed by atoms with Crippen LogP contribution in [-0.4, -0.2) is 26.6 Å². The van der Waals surface area contributed by atoms with Gasteiger partial charge < -0.3 is 5.32 Å².